The van der Waals surface area contributed by atoms with E-state index in [1.54, 1.807) is 6.92 Å². The van der Waals surface area contributed by atoms with Gasteiger partial charge >= 0.3 is 5.97 Å². The average Bonchev–Trinajstić information content (AvgIpc) is 3.43. The molecule has 4 nitrogen and oxygen atoms in total. The maximum absolute atomic E-state index is 11.9. The summed E-state index contributed by atoms with van der Waals surface area (Å²) in [6, 6.07) is 12.3. The molecule has 0 spiro atoms. The lowest BCUT2D eigenvalue weighted by Gasteiger charge is -2.15. The van der Waals surface area contributed by atoms with E-state index in [1.807, 2.05) is 46.9 Å². The Bertz CT molecular complexity index is 917. The first-order valence-corrected chi connectivity index (χ1v) is 11.5. The minimum absolute atomic E-state index is 0.326. The molecular formula is C23H24O4S2. The highest BCUT2D eigenvalue weighted by Crippen LogP contribution is 2.51. The summed E-state index contributed by atoms with van der Waals surface area (Å²) in [4.78, 5) is 14.8. The molecule has 1 atom stereocenters. The maximum Gasteiger partial charge on any atom is 0.335 e. The van der Waals surface area contributed by atoms with Gasteiger partial charge in [-0.05, 0) is 65.1 Å². The number of methoxy groups -OCH3 is 1. The number of fused-ring (bicyclic) bond motifs is 3. The molecule has 1 unspecified atom stereocenters. The molecule has 6 heteroatoms. The highest BCUT2D eigenvalue weighted by molar-refractivity contribution is 7.13. The number of carbonyl (C=O) groups is 1. The average molecular weight is 429 g/mol. The Labute approximate surface area is 179 Å². The second-order valence-electron chi connectivity index (χ2n) is 6.91. The zero-order valence-corrected chi connectivity index (χ0v) is 18.2. The van der Waals surface area contributed by atoms with Crippen LogP contribution in [0.15, 0.2) is 47.2 Å². The Morgan fingerprint density at radius 3 is 2.28 bits per heavy atom. The van der Waals surface area contributed by atoms with Crippen LogP contribution in [0.4, 0.5) is 0 Å². The van der Waals surface area contributed by atoms with E-state index in [-0.39, 0.29) is 5.97 Å². The van der Waals surface area contributed by atoms with Crippen LogP contribution >= 0.6 is 22.7 Å². The number of esters is 1. The van der Waals surface area contributed by atoms with Crippen LogP contribution in [0.5, 0.6) is 5.75 Å². The lowest BCUT2D eigenvalue weighted by molar-refractivity contribution is -0.154. The molecular weight excluding hydrogens is 404 g/mol. The topological polar surface area (TPSA) is 44.8 Å². The molecule has 0 aliphatic heterocycles. The molecule has 0 N–H and O–H groups in total. The summed E-state index contributed by atoms with van der Waals surface area (Å²) in [6.07, 6.45) is 0.876. The third-order valence-corrected chi connectivity index (χ3v) is 7.23. The van der Waals surface area contributed by atoms with E-state index in [4.69, 9.17) is 14.2 Å². The quantitative estimate of drug-likeness (QED) is 0.422. The number of hydrogen-bond acceptors (Lipinski definition) is 6. The van der Waals surface area contributed by atoms with Crippen molar-refractivity contribution < 1.29 is 19.0 Å². The highest BCUT2D eigenvalue weighted by Gasteiger charge is 2.30. The molecule has 1 aliphatic carbocycles. The lowest BCUT2D eigenvalue weighted by Crippen LogP contribution is -2.27. The number of carbonyl (C=O) groups excluding carboxylic acids is 1. The molecule has 1 aromatic carbocycles. The Morgan fingerprint density at radius 1 is 1.03 bits per heavy atom. The van der Waals surface area contributed by atoms with Crippen LogP contribution in [-0.2, 0) is 20.7 Å². The summed E-state index contributed by atoms with van der Waals surface area (Å²) >= 11 is 3.69. The first-order chi connectivity index (χ1) is 14.2. The van der Waals surface area contributed by atoms with E-state index in [2.05, 4.69) is 22.9 Å². The fourth-order valence-electron chi connectivity index (χ4n) is 3.74. The molecule has 0 amide bonds. The van der Waals surface area contributed by atoms with E-state index in [9.17, 15) is 4.79 Å². The van der Waals surface area contributed by atoms with E-state index in [0.29, 0.717) is 25.6 Å². The van der Waals surface area contributed by atoms with Gasteiger partial charge in [-0.1, -0.05) is 12.1 Å². The molecule has 0 radical (unpaired) electrons. The van der Waals surface area contributed by atoms with Gasteiger partial charge in [0.25, 0.3) is 0 Å². The van der Waals surface area contributed by atoms with Crippen LogP contribution in [0.1, 0.15) is 34.6 Å². The van der Waals surface area contributed by atoms with Crippen molar-refractivity contribution in [3.63, 3.8) is 0 Å². The zero-order chi connectivity index (χ0) is 20.2. The van der Waals surface area contributed by atoms with Gasteiger partial charge in [0.05, 0.1) is 13.2 Å². The van der Waals surface area contributed by atoms with Gasteiger partial charge in [-0.3, -0.25) is 0 Å². The molecule has 0 saturated carbocycles. The van der Waals surface area contributed by atoms with Gasteiger partial charge in [0, 0.05) is 29.2 Å². The molecule has 29 heavy (non-hydrogen) atoms. The molecule has 152 valence electrons. The monoisotopic (exact) mass is 428 g/mol. The second-order valence-corrected chi connectivity index (χ2v) is 8.81. The Kier molecular flexibility index (Phi) is 6.33. The predicted octanol–water partition coefficient (Wildman–Crippen LogP) is 5.51. The lowest BCUT2D eigenvalue weighted by atomic mass is 10.1. The van der Waals surface area contributed by atoms with Gasteiger partial charge in [0.2, 0.25) is 0 Å². The third-order valence-electron chi connectivity index (χ3n) is 5.17. The van der Waals surface area contributed by atoms with E-state index in [0.717, 1.165) is 17.7 Å². The van der Waals surface area contributed by atoms with Gasteiger partial charge in [-0.25, -0.2) is 4.79 Å². The van der Waals surface area contributed by atoms with Crippen LogP contribution in [0.3, 0.4) is 0 Å². The largest absolute Gasteiger partial charge is 0.494 e. The van der Waals surface area contributed by atoms with Crippen molar-refractivity contribution in [1.82, 2.24) is 0 Å². The van der Waals surface area contributed by atoms with Crippen LogP contribution in [0.2, 0.25) is 0 Å². The van der Waals surface area contributed by atoms with Crippen molar-refractivity contribution in [2.75, 3.05) is 20.3 Å². The van der Waals surface area contributed by atoms with Gasteiger partial charge in [0.15, 0.2) is 6.10 Å². The van der Waals surface area contributed by atoms with Crippen LogP contribution < -0.4 is 4.74 Å². The van der Waals surface area contributed by atoms with Gasteiger partial charge in [0.1, 0.15) is 5.75 Å². The smallest absolute Gasteiger partial charge is 0.335 e. The third kappa shape index (κ3) is 4.25. The molecule has 0 fully saturated rings. The Balaban J connectivity index is 1.32. The van der Waals surface area contributed by atoms with Crippen LogP contribution in [0, 0.1) is 0 Å². The second kappa shape index (κ2) is 9.11. The predicted molar refractivity (Wildman–Crippen MR) is 117 cm³/mol. The summed E-state index contributed by atoms with van der Waals surface area (Å²) in [5.41, 5.74) is 3.81. The number of thiophene rings is 2. The minimum atomic E-state index is -0.580. The van der Waals surface area contributed by atoms with E-state index in [1.165, 1.54) is 28.0 Å². The Morgan fingerprint density at radius 2 is 1.69 bits per heavy atom. The van der Waals surface area contributed by atoms with Gasteiger partial charge < -0.3 is 14.2 Å². The van der Waals surface area contributed by atoms with E-state index >= 15 is 0 Å². The van der Waals surface area contributed by atoms with E-state index < -0.39 is 6.10 Å². The summed E-state index contributed by atoms with van der Waals surface area (Å²) in [6.45, 7) is 2.81. The first-order valence-electron chi connectivity index (χ1n) is 9.77. The summed E-state index contributed by atoms with van der Waals surface area (Å²) < 4.78 is 16.3. The van der Waals surface area contributed by atoms with Crippen molar-refractivity contribution in [2.24, 2.45) is 0 Å². The van der Waals surface area contributed by atoms with Crippen molar-refractivity contribution >= 4 is 28.6 Å². The molecule has 1 aliphatic rings. The maximum atomic E-state index is 11.9. The fourth-order valence-corrected chi connectivity index (χ4v) is 5.92. The summed E-state index contributed by atoms with van der Waals surface area (Å²) in [5, 5.41) is 4.36. The van der Waals surface area contributed by atoms with Gasteiger partial charge in [-0.15, -0.1) is 22.7 Å². The molecule has 2 aromatic heterocycles. The minimum Gasteiger partial charge on any atom is -0.494 e. The van der Waals surface area contributed by atoms with Gasteiger partial charge in [-0.2, -0.15) is 0 Å². The van der Waals surface area contributed by atoms with Crippen molar-refractivity contribution in [2.45, 2.75) is 31.8 Å². The van der Waals surface area contributed by atoms with Crippen LogP contribution in [-0.4, -0.2) is 32.4 Å². The molecule has 0 bridgehead atoms. The fraction of sp³-hybridized carbons (Fsp3) is 0.348. The SMILES string of the molecule is CCOC(=O)C(Cc1ccc(OCCC2c3sccc3-c3ccsc32)cc1)OC. The number of benzene rings is 1. The van der Waals surface area contributed by atoms with Crippen molar-refractivity contribution in [1.29, 1.82) is 0 Å². The zero-order valence-electron chi connectivity index (χ0n) is 16.6. The highest BCUT2D eigenvalue weighted by atomic mass is 32.1. The standard InChI is InChI=1S/C23H24O4S2/c1-3-26-23(24)20(25-2)14-15-4-6-16(7-5-15)27-11-8-19-21-17(9-12-28-21)18-10-13-29-22(18)19/h4-7,9-10,12-13,19-20H,3,8,11,14H2,1-2H3. The Hall–Kier alpha value is -2.15. The summed E-state index contributed by atoms with van der Waals surface area (Å²) in [5.74, 6) is 0.966. The number of ether oxygens (including phenoxy) is 3. The molecule has 2 heterocycles. The molecule has 4 rings (SSSR count). The van der Waals surface area contributed by atoms with Crippen LogP contribution in [0.25, 0.3) is 11.1 Å². The normalized spacial score (nSPS) is 13.7. The number of hydrogen-bond donors (Lipinski definition) is 0. The first kappa shape index (κ1) is 20.1. The number of rotatable bonds is 9. The molecule has 3 aromatic rings. The molecule has 0 saturated heterocycles. The van der Waals surface area contributed by atoms with Crippen molar-refractivity contribution in [3.05, 3.63) is 62.5 Å². The van der Waals surface area contributed by atoms with Crippen molar-refractivity contribution in [3.8, 4) is 16.9 Å². The summed E-state index contributed by atoms with van der Waals surface area (Å²) in [7, 11) is 1.53.